The fourth-order valence-corrected chi connectivity index (χ4v) is 1.78. The van der Waals surface area contributed by atoms with E-state index in [1.54, 1.807) is 19.1 Å². The number of ether oxygens (including phenoxy) is 1. The van der Waals surface area contributed by atoms with Gasteiger partial charge < -0.3 is 15.4 Å². The minimum atomic E-state index is -0.0982. The van der Waals surface area contributed by atoms with Gasteiger partial charge in [-0.3, -0.25) is 9.48 Å². The fourth-order valence-electron chi connectivity index (χ4n) is 1.78. The van der Waals surface area contributed by atoms with Crippen molar-refractivity contribution in [2.24, 2.45) is 7.05 Å². The molecule has 0 aliphatic rings. The summed E-state index contributed by atoms with van der Waals surface area (Å²) in [4.78, 5) is 14.3. The number of nitrogens with two attached hydrogens (primary N) is 1. The van der Waals surface area contributed by atoms with Crippen molar-refractivity contribution in [3.63, 3.8) is 0 Å². The van der Waals surface area contributed by atoms with Crippen molar-refractivity contribution in [2.75, 3.05) is 26.0 Å². The second-order valence-corrected chi connectivity index (χ2v) is 4.32. The second kappa shape index (κ2) is 6.39. The highest BCUT2D eigenvalue weighted by molar-refractivity contribution is 5.97. The minimum absolute atomic E-state index is 0.0982. The van der Waals surface area contributed by atoms with Crippen molar-refractivity contribution in [3.05, 3.63) is 11.9 Å². The van der Waals surface area contributed by atoms with Crippen molar-refractivity contribution >= 4 is 11.6 Å². The molecule has 102 valence electrons. The van der Waals surface area contributed by atoms with Gasteiger partial charge in [0.2, 0.25) is 0 Å². The second-order valence-electron chi connectivity index (χ2n) is 4.32. The Hall–Kier alpha value is -1.56. The number of aromatic nitrogens is 2. The summed E-state index contributed by atoms with van der Waals surface area (Å²) < 4.78 is 6.56. The lowest BCUT2D eigenvalue weighted by atomic mass is 10.2. The molecule has 1 aromatic rings. The molecule has 0 radical (unpaired) electrons. The molecular weight excluding hydrogens is 232 g/mol. The van der Waals surface area contributed by atoms with E-state index in [1.165, 1.54) is 10.9 Å². The topological polar surface area (TPSA) is 73.4 Å². The van der Waals surface area contributed by atoms with Crippen molar-refractivity contribution in [3.8, 4) is 0 Å². The van der Waals surface area contributed by atoms with Crippen molar-refractivity contribution in [1.29, 1.82) is 0 Å². The van der Waals surface area contributed by atoms with Gasteiger partial charge in [-0.1, -0.05) is 6.92 Å². The molecule has 2 N–H and O–H groups in total. The summed E-state index contributed by atoms with van der Waals surface area (Å²) in [7, 11) is 3.34. The van der Waals surface area contributed by atoms with Crippen LogP contribution < -0.4 is 5.73 Å². The summed E-state index contributed by atoms with van der Waals surface area (Å²) in [6, 6.07) is 0.141. The summed E-state index contributed by atoms with van der Waals surface area (Å²) in [6.07, 6.45) is 2.38. The van der Waals surface area contributed by atoms with Gasteiger partial charge >= 0.3 is 0 Å². The molecule has 0 aromatic carbocycles. The Bertz CT molecular complexity index is 383. The van der Waals surface area contributed by atoms with Crippen LogP contribution in [0.15, 0.2) is 6.20 Å². The van der Waals surface area contributed by atoms with Gasteiger partial charge in [-0.2, -0.15) is 5.10 Å². The molecule has 1 aromatic heterocycles. The van der Waals surface area contributed by atoms with Crippen LogP contribution in [0, 0.1) is 0 Å². The molecule has 18 heavy (non-hydrogen) atoms. The SMILES string of the molecule is CCC(C)N(CCOC)C(=O)c1c(N)cnn1C. The molecule has 6 nitrogen and oxygen atoms in total. The minimum Gasteiger partial charge on any atom is -0.396 e. The summed E-state index contributed by atoms with van der Waals surface area (Å²) in [5, 5.41) is 4.00. The van der Waals surface area contributed by atoms with Crippen LogP contribution in [0.25, 0.3) is 0 Å². The van der Waals surface area contributed by atoms with Crippen LogP contribution in [-0.4, -0.2) is 46.9 Å². The fraction of sp³-hybridized carbons (Fsp3) is 0.667. The number of amides is 1. The molecule has 1 atom stereocenters. The number of nitrogens with zero attached hydrogens (tertiary/aromatic N) is 3. The average Bonchev–Trinajstić information content (AvgIpc) is 2.68. The molecular formula is C12H22N4O2. The average molecular weight is 254 g/mol. The number of methoxy groups -OCH3 is 1. The van der Waals surface area contributed by atoms with Crippen molar-refractivity contribution in [2.45, 2.75) is 26.3 Å². The predicted molar refractivity (Wildman–Crippen MR) is 70.3 cm³/mol. The van der Waals surface area contributed by atoms with E-state index in [-0.39, 0.29) is 11.9 Å². The summed E-state index contributed by atoms with van der Waals surface area (Å²) in [5.41, 5.74) is 6.64. The van der Waals surface area contributed by atoms with E-state index >= 15 is 0 Å². The van der Waals surface area contributed by atoms with Crippen LogP contribution in [0.5, 0.6) is 0 Å². The van der Waals surface area contributed by atoms with E-state index in [4.69, 9.17) is 10.5 Å². The Morgan fingerprint density at radius 2 is 2.33 bits per heavy atom. The Morgan fingerprint density at radius 1 is 1.67 bits per heavy atom. The molecule has 1 heterocycles. The molecule has 0 aliphatic carbocycles. The zero-order valence-corrected chi connectivity index (χ0v) is 11.5. The third-order valence-corrected chi connectivity index (χ3v) is 3.09. The predicted octanol–water partition coefficient (Wildman–Crippen LogP) is 0.889. The van der Waals surface area contributed by atoms with E-state index in [1.807, 2.05) is 13.8 Å². The van der Waals surface area contributed by atoms with Crippen LogP contribution in [0.3, 0.4) is 0 Å². The summed E-state index contributed by atoms with van der Waals surface area (Å²) in [6.45, 7) is 5.12. The number of nitrogen functional groups attached to an aromatic ring is 1. The highest BCUT2D eigenvalue weighted by atomic mass is 16.5. The summed E-state index contributed by atoms with van der Waals surface area (Å²) >= 11 is 0. The first kappa shape index (κ1) is 14.5. The molecule has 1 amide bonds. The van der Waals surface area contributed by atoms with Crippen LogP contribution in [0.1, 0.15) is 30.8 Å². The van der Waals surface area contributed by atoms with E-state index in [2.05, 4.69) is 5.10 Å². The Morgan fingerprint density at radius 3 is 2.78 bits per heavy atom. The normalized spacial score (nSPS) is 12.4. The van der Waals surface area contributed by atoms with Gasteiger partial charge in [0.15, 0.2) is 0 Å². The molecule has 0 aliphatic heterocycles. The lowest BCUT2D eigenvalue weighted by molar-refractivity contribution is 0.0604. The van der Waals surface area contributed by atoms with Gasteiger partial charge in [-0.25, -0.2) is 0 Å². The third-order valence-electron chi connectivity index (χ3n) is 3.09. The Balaban J connectivity index is 2.95. The first-order valence-corrected chi connectivity index (χ1v) is 6.10. The molecule has 1 unspecified atom stereocenters. The molecule has 1 rings (SSSR count). The number of hydrogen-bond acceptors (Lipinski definition) is 4. The van der Waals surface area contributed by atoms with Crippen molar-refractivity contribution < 1.29 is 9.53 Å². The number of hydrogen-bond donors (Lipinski definition) is 1. The largest absolute Gasteiger partial charge is 0.396 e. The number of carbonyl (C=O) groups excluding carboxylic acids is 1. The zero-order chi connectivity index (χ0) is 13.7. The molecule has 0 bridgehead atoms. The van der Waals surface area contributed by atoms with E-state index in [9.17, 15) is 4.79 Å². The van der Waals surface area contributed by atoms with Gasteiger partial charge in [0.05, 0.1) is 18.5 Å². The van der Waals surface area contributed by atoms with Gasteiger partial charge in [-0.15, -0.1) is 0 Å². The first-order chi connectivity index (χ1) is 8.52. The van der Waals surface area contributed by atoms with Crippen LogP contribution in [0.2, 0.25) is 0 Å². The van der Waals surface area contributed by atoms with Gasteiger partial charge in [0.1, 0.15) is 5.69 Å². The Labute approximate surface area is 108 Å². The number of anilines is 1. The number of carbonyl (C=O) groups is 1. The summed E-state index contributed by atoms with van der Waals surface area (Å²) in [5.74, 6) is -0.0982. The maximum Gasteiger partial charge on any atom is 0.274 e. The first-order valence-electron chi connectivity index (χ1n) is 6.10. The molecule has 0 spiro atoms. The lowest BCUT2D eigenvalue weighted by Gasteiger charge is -2.28. The van der Waals surface area contributed by atoms with Gasteiger partial charge in [0.25, 0.3) is 5.91 Å². The molecule has 0 saturated heterocycles. The van der Waals surface area contributed by atoms with Gasteiger partial charge in [0, 0.05) is 26.7 Å². The van der Waals surface area contributed by atoms with Gasteiger partial charge in [-0.05, 0) is 13.3 Å². The van der Waals surface area contributed by atoms with Crippen LogP contribution in [-0.2, 0) is 11.8 Å². The smallest absolute Gasteiger partial charge is 0.274 e. The third kappa shape index (κ3) is 3.01. The van der Waals surface area contributed by atoms with Crippen LogP contribution in [0.4, 0.5) is 5.69 Å². The standard InChI is InChI=1S/C12H22N4O2/c1-5-9(2)16(6-7-18-4)12(17)11-10(13)8-14-15(11)3/h8-9H,5-7,13H2,1-4H3. The highest BCUT2D eigenvalue weighted by Gasteiger charge is 2.24. The molecule has 6 heteroatoms. The van der Waals surface area contributed by atoms with Crippen molar-refractivity contribution in [1.82, 2.24) is 14.7 Å². The van der Waals surface area contributed by atoms with E-state index in [0.29, 0.717) is 24.5 Å². The quantitative estimate of drug-likeness (QED) is 0.818. The lowest BCUT2D eigenvalue weighted by Crippen LogP contribution is -2.41. The maximum absolute atomic E-state index is 12.5. The molecule has 0 fully saturated rings. The monoisotopic (exact) mass is 254 g/mol. The highest BCUT2D eigenvalue weighted by Crippen LogP contribution is 2.15. The number of rotatable bonds is 6. The van der Waals surface area contributed by atoms with E-state index < -0.39 is 0 Å². The van der Waals surface area contributed by atoms with E-state index in [0.717, 1.165) is 6.42 Å². The maximum atomic E-state index is 12.5. The molecule has 0 saturated carbocycles. The Kier molecular flexibility index (Phi) is 5.15. The number of aryl methyl sites for hydroxylation is 1. The van der Waals surface area contributed by atoms with Crippen LogP contribution >= 0.6 is 0 Å². The zero-order valence-electron chi connectivity index (χ0n) is 11.5.